The summed E-state index contributed by atoms with van der Waals surface area (Å²) in [6.45, 7) is 7.32. The molecule has 1 aromatic carbocycles. The van der Waals surface area contributed by atoms with E-state index in [1.165, 1.54) is 12.1 Å². The number of nitrogens with zero attached hydrogens (tertiary/aromatic N) is 5. The number of rotatable bonds is 4. The maximum Gasteiger partial charge on any atom is 0.201 e. The van der Waals surface area contributed by atoms with Gasteiger partial charge < -0.3 is 10.2 Å². The molecule has 29 heavy (non-hydrogen) atoms. The van der Waals surface area contributed by atoms with Crippen molar-refractivity contribution < 1.29 is 4.39 Å². The average Bonchev–Trinajstić information content (AvgIpc) is 3.21. The van der Waals surface area contributed by atoms with Crippen LogP contribution >= 0.6 is 23.2 Å². The molecule has 2 N–H and O–H groups in total. The summed E-state index contributed by atoms with van der Waals surface area (Å²) in [5.74, 6) is 1.61. The highest BCUT2D eigenvalue weighted by Gasteiger charge is 2.28. The predicted octanol–water partition coefficient (Wildman–Crippen LogP) is 4.82. The normalized spacial score (nSPS) is 14.7. The third-order valence-electron chi connectivity index (χ3n) is 4.97. The number of hydrogen-bond donors (Lipinski definition) is 2. The Balaban J connectivity index is 1.75. The summed E-state index contributed by atoms with van der Waals surface area (Å²) >= 11 is 12.6. The first-order valence-electron chi connectivity index (χ1n) is 9.31. The predicted molar refractivity (Wildman–Crippen MR) is 112 cm³/mol. The third-order valence-corrected chi connectivity index (χ3v) is 5.69. The van der Waals surface area contributed by atoms with E-state index in [0.717, 1.165) is 11.5 Å². The van der Waals surface area contributed by atoms with Crippen LogP contribution in [0.3, 0.4) is 0 Å². The van der Waals surface area contributed by atoms with Crippen molar-refractivity contribution >= 4 is 34.7 Å². The fraction of sp³-hybridized carbons (Fsp3) is 0.368. The van der Waals surface area contributed by atoms with Crippen LogP contribution in [-0.2, 0) is 0 Å². The Morgan fingerprint density at radius 3 is 2.69 bits per heavy atom. The van der Waals surface area contributed by atoms with Gasteiger partial charge in [0.25, 0.3) is 0 Å². The van der Waals surface area contributed by atoms with E-state index in [1.807, 2.05) is 26.8 Å². The van der Waals surface area contributed by atoms with Crippen LogP contribution in [0.4, 0.5) is 15.9 Å². The van der Waals surface area contributed by atoms with E-state index in [1.54, 1.807) is 0 Å². The Kier molecular flexibility index (Phi) is 5.31. The molecule has 0 bridgehead atoms. The highest BCUT2D eigenvalue weighted by molar-refractivity contribution is 6.36. The van der Waals surface area contributed by atoms with Crippen molar-refractivity contribution in [2.75, 3.05) is 23.3 Å². The van der Waals surface area contributed by atoms with Gasteiger partial charge in [0, 0.05) is 29.6 Å². The smallest absolute Gasteiger partial charge is 0.201 e. The molecule has 3 aromatic rings. The second-order valence-electron chi connectivity index (χ2n) is 7.22. The van der Waals surface area contributed by atoms with Crippen molar-refractivity contribution in [3.63, 3.8) is 0 Å². The van der Waals surface area contributed by atoms with Gasteiger partial charge in [0.15, 0.2) is 5.82 Å². The molecule has 3 heterocycles. The zero-order valence-electron chi connectivity index (χ0n) is 16.2. The first kappa shape index (κ1) is 19.8. The highest BCUT2D eigenvalue weighted by Crippen LogP contribution is 2.40. The molecule has 0 aliphatic carbocycles. The lowest BCUT2D eigenvalue weighted by atomic mass is 10.0. The van der Waals surface area contributed by atoms with Crippen molar-refractivity contribution in [2.45, 2.75) is 32.7 Å². The number of halogens is 3. The zero-order valence-corrected chi connectivity index (χ0v) is 17.7. The number of hydrogen-bond acceptors (Lipinski definition) is 6. The number of anilines is 2. The minimum atomic E-state index is -0.497. The summed E-state index contributed by atoms with van der Waals surface area (Å²) in [5, 5.41) is 19.4. The lowest BCUT2D eigenvalue weighted by Gasteiger charge is -2.36. The lowest BCUT2D eigenvalue weighted by molar-refractivity contribution is 0.614. The molecule has 1 aliphatic rings. The molecule has 152 valence electrons. The van der Waals surface area contributed by atoms with Crippen LogP contribution in [0.25, 0.3) is 11.5 Å². The number of nitrogens with one attached hydrogen (secondary N) is 2. The van der Waals surface area contributed by atoms with E-state index in [2.05, 4.69) is 35.6 Å². The Hall–Kier alpha value is -2.45. The summed E-state index contributed by atoms with van der Waals surface area (Å²) in [6, 6.07) is 4.39. The first-order valence-corrected chi connectivity index (χ1v) is 10.1. The van der Waals surface area contributed by atoms with E-state index in [0.29, 0.717) is 41.0 Å². The molecule has 1 atom stereocenters. The van der Waals surface area contributed by atoms with E-state index in [-0.39, 0.29) is 17.0 Å². The molecule has 4 rings (SSSR count). The summed E-state index contributed by atoms with van der Waals surface area (Å²) in [5.41, 5.74) is 1.89. The number of H-pyrrole nitrogens is 1. The van der Waals surface area contributed by atoms with Gasteiger partial charge in [0.05, 0.1) is 16.8 Å². The molecule has 0 saturated heterocycles. The second-order valence-corrected chi connectivity index (χ2v) is 8.00. The second kappa shape index (κ2) is 7.76. The monoisotopic (exact) mass is 435 g/mol. The van der Waals surface area contributed by atoms with Gasteiger partial charge in [0.1, 0.15) is 17.3 Å². The average molecular weight is 436 g/mol. The molecule has 0 unspecified atom stereocenters. The molecule has 10 heteroatoms. The van der Waals surface area contributed by atoms with E-state index >= 15 is 0 Å². The summed E-state index contributed by atoms with van der Waals surface area (Å²) in [6.07, 6.45) is 0. The van der Waals surface area contributed by atoms with Gasteiger partial charge in [-0.1, -0.05) is 37.0 Å². The van der Waals surface area contributed by atoms with Gasteiger partial charge in [-0.2, -0.15) is 5.10 Å². The van der Waals surface area contributed by atoms with Gasteiger partial charge in [-0.3, -0.25) is 5.10 Å². The summed E-state index contributed by atoms with van der Waals surface area (Å²) in [7, 11) is 0. The Bertz CT molecular complexity index is 1050. The van der Waals surface area contributed by atoms with Crippen molar-refractivity contribution in [3.8, 4) is 11.5 Å². The largest absolute Gasteiger partial charge is 0.365 e. The minimum absolute atomic E-state index is 0.0304. The first-order chi connectivity index (χ1) is 13.9. The number of fused-ring (bicyclic) bond motifs is 1. The summed E-state index contributed by atoms with van der Waals surface area (Å²) in [4.78, 5) is 6.57. The fourth-order valence-corrected chi connectivity index (χ4v) is 4.07. The van der Waals surface area contributed by atoms with Crippen LogP contribution in [0.15, 0.2) is 18.2 Å². The summed E-state index contributed by atoms with van der Waals surface area (Å²) < 4.78 is 14.1. The van der Waals surface area contributed by atoms with Crippen LogP contribution < -0.4 is 10.2 Å². The van der Waals surface area contributed by atoms with Gasteiger partial charge in [-0.05, 0) is 25.1 Å². The van der Waals surface area contributed by atoms with E-state index in [9.17, 15) is 4.39 Å². The third kappa shape index (κ3) is 3.62. The van der Waals surface area contributed by atoms with Crippen LogP contribution in [-0.4, -0.2) is 38.5 Å². The maximum absolute atomic E-state index is 14.1. The van der Waals surface area contributed by atoms with E-state index < -0.39 is 5.82 Å². The van der Waals surface area contributed by atoms with Gasteiger partial charge in [-0.15, -0.1) is 10.2 Å². The molecule has 0 radical (unpaired) electrons. The molecule has 1 aliphatic heterocycles. The number of aromatic amines is 1. The Labute approximate surface area is 177 Å². The van der Waals surface area contributed by atoms with Crippen molar-refractivity contribution in [1.29, 1.82) is 0 Å². The van der Waals surface area contributed by atoms with Gasteiger partial charge >= 0.3 is 0 Å². The topological polar surface area (TPSA) is 82.6 Å². The molecular weight excluding hydrogens is 416 g/mol. The number of benzene rings is 1. The fourth-order valence-electron chi connectivity index (χ4n) is 3.38. The molecule has 0 fully saturated rings. The number of aromatic nitrogens is 5. The van der Waals surface area contributed by atoms with Crippen molar-refractivity contribution in [2.24, 2.45) is 0 Å². The van der Waals surface area contributed by atoms with Crippen LogP contribution in [0, 0.1) is 5.82 Å². The lowest BCUT2D eigenvalue weighted by Crippen LogP contribution is -2.37. The van der Waals surface area contributed by atoms with Crippen LogP contribution in [0.5, 0.6) is 0 Å². The van der Waals surface area contributed by atoms with Crippen molar-refractivity contribution in [3.05, 3.63) is 45.4 Å². The molecule has 2 aromatic heterocycles. The molecular formula is C19H20Cl2FN7. The van der Waals surface area contributed by atoms with Crippen molar-refractivity contribution in [1.82, 2.24) is 25.4 Å². The Morgan fingerprint density at radius 2 is 1.97 bits per heavy atom. The Morgan fingerprint density at radius 1 is 1.17 bits per heavy atom. The molecule has 0 saturated carbocycles. The van der Waals surface area contributed by atoms with Crippen LogP contribution in [0.1, 0.15) is 44.1 Å². The minimum Gasteiger partial charge on any atom is -0.365 e. The standard InChI is InChI=1S/C19H20Cl2FN7/c1-9(2)17-24-18(27-26-17)13-8-14-19(28-25-13)23-6-7-29(14)10(3)15-11(20)4-5-12(22)16(15)21/h4-5,8-10H,6-7H2,1-3H3,(H,23,28)(H,24,26,27)/t10-/m1/s1. The van der Waals surface area contributed by atoms with E-state index in [4.69, 9.17) is 23.2 Å². The molecule has 7 nitrogen and oxygen atoms in total. The quantitative estimate of drug-likeness (QED) is 0.571. The molecule has 0 spiro atoms. The van der Waals surface area contributed by atoms with Gasteiger partial charge in [0.2, 0.25) is 5.82 Å². The van der Waals surface area contributed by atoms with Gasteiger partial charge in [-0.25, -0.2) is 9.37 Å². The SMILES string of the molecule is CC(C)c1nc(-c2cc3c(nn2)NCCN3[C@H](C)c2c(Cl)ccc(F)c2Cl)n[nH]1. The highest BCUT2D eigenvalue weighted by atomic mass is 35.5. The maximum atomic E-state index is 14.1. The molecule has 0 amide bonds. The zero-order chi connectivity index (χ0) is 20.7. The van der Waals surface area contributed by atoms with Crippen LogP contribution in [0.2, 0.25) is 10.0 Å².